The van der Waals surface area contributed by atoms with Gasteiger partial charge in [-0.2, -0.15) is 0 Å². The van der Waals surface area contributed by atoms with Crippen LogP contribution in [0.4, 0.5) is 4.70 Å². The van der Waals surface area contributed by atoms with Crippen LogP contribution in [0.5, 0.6) is 0 Å². The summed E-state index contributed by atoms with van der Waals surface area (Å²) in [4.78, 5) is 0. The van der Waals surface area contributed by atoms with Gasteiger partial charge in [0.05, 0.1) is 0 Å². The monoisotopic (exact) mass is 124 g/mol. The van der Waals surface area contributed by atoms with Gasteiger partial charge in [0, 0.05) is 0 Å². The summed E-state index contributed by atoms with van der Waals surface area (Å²) in [5.41, 5.74) is 0. The van der Waals surface area contributed by atoms with Crippen LogP contribution in [0, 0.1) is 0 Å². The number of halogens is 5. The standard InChI is InChI=1S/5FH.Si/h5*1H;/q;;;;;+4/p-4. The van der Waals surface area contributed by atoms with Gasteiger partial charge >= 0.3 is 11.0 Å². The van der Waals surface area contributed by atoms with Gasteiger partial charge in [0.1, 0.15) is 0 Å². The molecule has 0 aromatic heterocycles. The maximum Gasteiger partial charge on any atom is 4.00 e. The van der Waals surface area contributed by atoms with Crippen molar-refractivity contribution in [1.29, 1.82) is 0 Å². The van der Waals surface area contributed by atoms with E-state index in [0.717, 1.165) is 0 Å². The second-order valence-corrected chi connectivity index (χ2v) is 0. The third-order valence-corrected chi connectivity index (χ3v) is 0. The van der Waals surface area contributed by atoms with Crippen LogP contribution in [0.3, 0.4) is 0 Å². The predicted molar refractivity (Wildman–Crippen MR) is 8.26 cm³/mol. The Balaban J connectivity index is 0. The zero-order chi connectivity index (χ0) is 0. The molecule has 0 saturated heterocycles. The van der Waals surface area contributed by atoms with E-state index in [1.54, 1.807) is 0 Å². The van der Waals surface area contributed by atoms with E-state index in [1.807, 2.05) is 0 Å². The smallest absolute Gasteiger partial charge is 1.00 e. The molecule has 0 aliphatic rings. The van der Waals surface area contributed by atoms with Crippen molar-refractivity contribution in [2.45, 2.75) is 0 Å². The fourth-order valence-electron chi connectivity index (χ4n) is 0. The molecule has 0 aromatic rings. The fraction of sp³-hybridized carbons (Fsp3) is 0. The summed E-state index contributed by atoms with van der Waals surface area (Å²) < 4.78 is 0. The summed E-state index contributed by atoms with van der Waals surface area (Å²) in [6, 6.07) is 0. The van der Waals surface area contributed by atoms with E-state index in [2.05, 4.69) is 0 Å². The summed E-state index contributed by atoms with van der Waals surface area (Å²) in [5, 5.41) is 0. The van der Waals surface area contributed by atoms with Gasteiger partial charge in [-0.25, -0.2) is 0 Å². The Hall–Kier alpha value is -0.133. The van der Waals surface area contributed by atoms with Crippen molar-refractivity contribution in [3.63, 3.8) is 0 Å². The second-order valence-electron chi connectivity index (χ2n) is 0. The molecule has 0 radical (unpaired) electrons. The van der Waals surface area contributed by atoms with Crippen LogP contribution in [0.1, 0.15) is 0 Å². The van der Waals surface area contributed by atoms with Crippen LogP contribution in [0.2, 0.25) is 0 Å². The zero-order valence-electron chi connectivity index (χ0n) is 2.42. The van der Waals surface area contributed by atoms with Crippen LogP contribution >= 0.6 is 0 Å². The van der Waals surface area contributed by atoms with E-state index in [0.29, 0.717) is 0 Å². The van der Waals surface area contributed by atoms with E-state index in [9.17, 15) is 0 Å². The van der Waals surface area contributed by atoms with Crippen molar-refractivity contribution in [1.82, 2.24) is 0 Å². The molecule has 6 heteroatoms. The molecule has 0 unspecified atom stereocenters. The van der Waals surface area contributed by atoms with Gasteiger partial charge in [-0.05, 0) is 0 Å². The van der Waals surface area contributed by atoms with Crippen molar-refractivity contribution in [2.24, 2.45) is 0 Å². The molecule has 0 aliphatic carbocycles. The molecule has 0 nitrogen and oxygen atoms in total. The Kier molecular flexibility index (Phi) is 5370000. The van der Waals surface area contributed by atoms with E-state index >= 15 is 0 Å². The van der Waals surface area contributed by atoms with Crippen molar-refractivity contribution in [3.05, 3.63) is 0 Å². The summed E-state index contributed by atoms with van der Waals surface area (Å²) >= 11 is 0. The molecular formula is HF5Si. The molecule has 0 rings (SSSR count). The molecule has 0 aromatic carbocycles. The summed E-state index contributed by atoms with van der Waals surface area (Å²) in [6.45, 7) is 0. The maximum atomic E-state index is 0. The topological polar surface area (TPSA) is 0 Å². The van der Waals surface area contributed by atoms with Crippen LogP contribution in [-0.4, -0.2) is 11.0 Å². The zero-order valence-corrected chi connectivity index (χ0v) is 3.42. The Morgan fingerprint density at radius 3 is 0.500 bits per heavy atom. The van der Waals surface area contributed by atoms with Gasteiger partial charge in [0.25, 0.3) is 0 Å². The Morgan fingerprint density at radius 2 is 0.500 bits per heavy atom. The summed E-state index contributed by atoms with van der Waals surface area (Å²) in [7, 11) is 0. The van der Waals surface area contributed by atoms with Gasteiger partial charge < -0.3 is 18.8 Å². The van der Waals surface area contributed by atoms with E-state index in [4.69, 9.17) is 0 Å². The third-order valence-electron chi connectivity index (χ3n) is 0. The summed E-state index contributed by atoms with van der Waals surface area (Å²) in [6.07, 6.45) is 0. The Labute approximate surface area is 35.8 Å². The molecule has 6 heavy (non-hydrogen) atoms. The SMILES string of the molecule is F.[F-].[F-].[F-].[F-].[Si+4]. The number of hydrogen-bond acceptors (Lipinski definition) is 0. The second kappa shape index (κ2) is 4110. The maximum absolute atomic E-state index is 0. The molecule has 0 spiro atoms. The minimum Gasteiger partial charge on any atom is -1.00 e. The first-order valence-electron chi connectivity index (χ1n) is 0. The normalized spacial score (nSPS) is 0. The molecule has 0 saturated carbocycles. The van der Waals surface area contributed by atoms with Crippen molar-refractivity contribution in [2.75, 3.05) is 0 Å². The van der Waals surface area contributed by atoms with Crippen molar-refractivity contribution < 1.29 is 23.5 Å². The van der Waals surface area contributed by atoms with Crippen molar-refractivity contribution in [3.8, 4) is 0 Å². The fourth-order valence-corrected chi connectivity index (χ4v) is 0. The Morgan fingerprint density at radius 1 is 0.500 bits per heavy atom. The van der Waals surface area contributed by atoms with E-state index in [-0.39, 0.29) is 34.5 Å². The molecule has 0 bridgehead atoms. The minimum atomic E-state index is 0. The van der Waals surface area contributed by atoms with Gasteiger partial charge in [-0.1, -0.05) is 0 Å². The van der Waals surface area contributed by atoms with Crippen LogP contribution in [0.15, 0.2) is 0 Å². The van der Waals surface area contributed by atoms with Gasteiger partial charge in [0.2, 0.25) is 0 Å². The first-order valence-corrected chi connectivity index (χ1v) is 0. The quantitative estimate of drug-likeness (QED) is 0.222. The minimum absolute atomic E-state index is 0. The summed E-state index contributed by atoms with van der Waals surface area (Å²) in [5.74, 6) is 0. The molecule has 0 amide bonds. The average molecular weight is 124 g/mol. The van der Waals surface area contributed by atoms with E-state index < -0.39 is 0 Å². The molecule has 40 valence electrons. The van der Waals surface area contributed by atoms with Gasteiger partial charge in [-0.15, -0.1) is 0 Å². The van der Waals surface area contributed by atoms with Gasteiger partial charge in [0.15, 0.2) is 0 Å². The molecule has 0 N–H and O–H groups in total. The number of hydrogen-bond donors (Lipinski definition) is 0. The molecule has 0 heterocycles. The van der Waals surface area contributed by atoms with Crippen LogP contribution in [-0.2, 0) is 0 Å². The average Bonchev–Trinajstić information content (AvgIpc) is 0. The largest absolute Gasteiger partial charge is 4.00 e. The first-order chi connectivity index (χ1) is 0. The van der Waals surface area contributed by atoms with Crippen LogP contribution in [0.25, 0.3) is 0 Å². The van der Waals surface area contributed by atoms with E-state index in [1.165, 1.54) is 0 Å². The van der Waals surface area contributed by atoms with Crippen LogP contribution < -0.4 is 18.8 Å². The Bertz CT molecular complexity index is 3.90. The van der Waals surface area contributed by atoms with Gasteiger partial charge in [-0.3, -0.25) is 4.70 Å². The third kappa shape index (κ3) is 1790. The predicted octanol–water partition coefficient (Wildman–Crippen LogP) is -12.2. The molecular weight excluding hydrogens is 123 g/mol. The number of rotatable bonds is 0. The first kappa shape index (κ1) is 7840. The molecule has 0 fully saturated rings. The molecule has 0 aliphatic heterocycles. The van der Waals surface area contributed by atoms with Crippen molar-refractivity contribution >= 4 is 11.0 Å². The molecule has 0 atom stereocenters.